The van der Waals surface area contributed by atoms with Crippen LogP contribution < -0.4 is 14.8 Å². The first-order valence-electron chi connectivity index (χ1n) is 9.86. The molecule has 0 bridgehead atoms. The molecule has 7 heteroatoms. The Morgan fingerprint density at radius 1 is 1.25 bits per heavy atom. The molecule has 1 aliphatic rings. The van der Waals surface area contributed by atoms with E-state index >= 15 is 0 Å². The summed E-state index contributed by atoms with van der Waals surface area (Å²) >= 11 is 1.71. The second kappa shape index (κ2) is 9.78. The van der Waals surface area contributed by atoms with Crippen molar-refractivity contribution in [2.24, 2.45) is 4.99 Å². The lowest BCUT2D eigenvalue weighted by Crippen LogP contribution is -2.40. The van der Waals surface area contributed by atoms with Gasteiger partial charge in [-0.2, -0.15) is 0 Å². The molecule has 152 valence electrons. The van der Waals surface area contributed by atoms with Crippen molar-refractivity contribution in [3.63, 3.8) is 0 Å². The predicted octanol–water partition coefficient (Wildman–Crippen LogP) is 3.68. The standard InChI is InChI=1S/C21H30N4O2S/c1-5-20-24-17(14-28-20)12-23-21(22-6-2)25-8-7-15(13-25)16-9-18(26-3)11-19(10-16)27-4/h9-11,14-15H,5-8,12-13H2,1-4H3,(H,22,23). The first-order chi connectivity index (χ1) is 13.7. The Balaban J connectivity index is 1.71. The summed E-state index contributed by atoms with van der Waals surface area (Å²) in [7, 11) is 3.38. The zero-order valence-electron chi connectivity index (χ0n) is 17.2. The molecule has 2 heterocycles. The molecule has 0 aliphatic carbocycles. The number of hydrogen-bond acceptors (Lipinski definition) is 5. The number of nitrogens with one attached hydrogen (secondary N) is 1. The summed E-state index contributed by atoms with van der Waals surface area (Å²) in [5, 5.41) is 6.72. The molecular formula is C21H30N4O2S. The van der Waals surface area contributed by atoms with Crippen molar-refractivity contribution in [1.29, 1.82) is 0 Å². The first-order valence-corrected chi connectivity index (χ1v) is 10.7. The Labute approximate surface area is 171 Å². The van der Waals surface area contributed by atoms with Gasteiger partial charge in [0.1, 0.15) is 11.5 Å². The normalized spacial score (nSPS) is 17.1. The van der Waals surface area contributed by atoms with Gasteiger partial charge in [0.15, 0.2) is 5.96 Å². The number of nitrogens with zero attached hydrogens (tertiary/aromatic N) is 3. The van der Waals surface area contributed by atoms with Gasteiger partial charge < -0.3 is 19.7 Å². The molecule has 2 aromatic rings. The number of aliphatic imine (C=N–C) groups is 1. The third kappa shape index (κ3) is 4.95. The van der Waals surface area contributed by atoms with E-state index < -0.39 is 0 Å². The van der Waals surface area contributed by atoms with Crippen molar-refractivity contribution >= 4 is 17.3 Å². The highest BCUT2D eigenvalue weighted by Gasteiger charge is 2.27. The topological polar surface area (TPSA) is 59.0 Å². The van der Waals surface area contributed by atoms with Crippen LogP contribution in [0.5, 0.6) is 11.5 Å². The summed E-state index contributed by atoms with van der Waals surface area (Å²) in [6.45, 7) is 7.62. The van der Waals surface area contributed by atoms with Crippen LogP contribution in [0.1, 0.15) is 42.5 Å². The number of hydrogen-bond donors (Lipinski definition) is 1. The highest BCUT2D eigenvalue weighted by molar-refractivity contribution is 7.09. The SMILES string of the molecule is CCNC(=NCc1csc(CC)n1)N1CCC(c2cc(OC)cc(OC)c2)C1. The maximum absolute atomic E-state index is 5.43. The fourth-order valence-electron chi connectivity index (χ4n) is 3.46. The van der Waals surface area contributed by atoms with Gasteiger partial charge in [0, 0.05) is 37.0 Å². The minimum atomic E-state index is 0.429. The molecule has 3 rings (SSSR count). The number of aromatic nitrogens is 1. The zero-order chi connectivity index (χ0) is 19.9. The molecule has 1 fully saturated rings. The smallest absolute Gasteiger partial charge is 0.194 e. The molecule has 0 spiro atoms. The van der Waals surface area contributed by atoms with Crippen LogP contribution >= 0.6 is 11.3 Å². The highest BCUT2D eigenvalue weighted by Crippen LogP contribution is 2.33. The molecule has 6 nitrogen and oxygen atoms in total. The summed E-state index contributed by atoms with van der Waals surface area (Å²) in [4.78, 5) is 11.8. The van der Waals surface area contributed by atoms with E-state index in [4.69, 9.17) is 14.5 Å². The van der Waals surface area contributed by atoms with E-state index in [1.807, 2.05) is 6.07 Å². The van der Waals surface area contributed by atoms with Gasteiger partial charge in [-0.1, -0.05) is 6.92 Å². The van der Waals surface area contributed by atoms with Gasteiger partial charge in [-0.3, -0.25) is 0 Å². The molecular weight excluding hydrogens is 372 g/mol. The van der Waals surface area contributed by atoms with Crippen LogP contribution in [0.25, 0.3) is 0 Å². The molecule has 1 aliphatic heterocycles. The number of thiazole rings is 1. The van der Waals surface area contributed by atoms with Gasteiger partial charge in [0.2, 0.25) is 0 Å². The lowest BCUT2D eigenvalue weighted by atomic mass is 9.98. The molecule has 0 amide bonds. The maximum atomic E-state index is 5.43. The second-order valence-corrected chi connectivity index (χ2v) is 7.78. The molecule has 0 saturated carbocycles. The van der Waals surface area contributed by atoms with Crippen LogP contribution in [0, 0.1) is 0 Å². The van der Waals surface area contributed by atoms with Gasteiger partial charge in [0.05, 0.1) is 31.5 Å². The van der Waals surface area contributed by atoms with Crippen LogP contribution in [0.2, 0.25) is 0 Å². The Hall–Kier alpha value is -2.28. The van der Waals surface area contributed by atoms with E-state index in [1.165, 1.54) is 10.6 Å². The summed E-state index contributed by atoms with van der Waals surface area (Å²) in [5.74, 6) is 3.07. The maximum Gasteiger partial charge on any atom is 0.194 e. The number of benzene rings is 1. The first kappa shape index (κ1) is 20.5. The second-order valence-electron chi connectivity index (χ2n) is 6.83. The number of methoxy groups -OCH3 is 2. The van der Waals surface area contributed by atoms with E-state index in [1.54, 1.807) is 25.6 Å². The van der Waals surface area contributed by atoms with Gasteiger partial charge in [-0.25, -0.2) is 9.98 Å². The Morgan fingerprint density at radius 3 is 2.61 bits per heavy atom. The molecule has 1 aromatic heterocycles. The van der Waals surface area contributed by atoms with E-state index in [2.05, 4.69) is 46.6 Å². The monoisotopic (exact) mass is 402 g/mol. The Kier molecular flexibility index (Phi) is 7.14. The molecule has 1 unspecified atom stereocenters. The van der Waals surface area contributed by atoms with Gasteiger partial charge >= 0.3 is 0 Å². The van der Waals surface area contributed by atoms with Crippen molar-refractivity contribution < 1.29 is 9.47 Å². The van der Waals surface area contributed by atoms with Gasteiger partial charge in [0.25, 0.3) is 0 Å². The minimum Gasteiger partial charge on any atom is -0.497 e. The fraction of sp³-hybridized carbons (Fsp3) is 0.524. The number of rotatable bonds is 7. The van der Waals surface area contributed by atoms with E-state index in [9.17, 15) is 0 Å². The minimum absolute atomic E-state index is 0.429. The lowest BCUT2D eigenvalue weighted by molar-refractivity contribution is 0.392. The quantitative estimate of drug-likeness (QED) is 0.566. The predicted molar refractivity (Wildman–Crippen MR) is 115 cm³/mol. The van der Waals surface area contributed by atoms with Crippen LogP contribution in [-0.4, -0.2) is 49.7 Å². The Bertz CT molecular complexity index is 783. The molecule has 0 radical (unpaired) electrons. The molecule has 28 heavy (non-hydrogen) atoms. The van der Waals surface area contributed by atoms with Gasteiger partial charge in [-0.15, -0.1) is 11.3 Å². The van der Waals surface area contributed by atoms with Crippen LogP contribution in [0.3, 0.4) is 0 Å². The third-order valence-corrected chi connectivity index (χ3v) is 6.00. The lowest BCUT2D eigenvalue weighted by Gasteiger charge is -2.22. The largest absolute Gasteiger partial charge is 0.497 e. The van der Waals surface area contributed by atoms with Crippen molar-refractivity contribution in [1.82, 2.24) is 15.2 Å². The highest BCUT2D eigenvalue weighted by atomic mass is 32.1. The Morgan fingerprint density at radius 2 is 2.00 bits per heavy atom. The molecule has 1 atom stereocenters. The van der Waals surface area contributed by atoms with E-state index in [0.29, 0.717) is 12.5 Å². The summed E-state index contributed by atoms with van der Waals surface area (Å²) in [5.41, 5.74) is 2.30. The van der Waals surface area contributed by atoms with Crippen molar-refractivity contribution in [3.8, 4) is 11.5 Å². The molecule has 1 saturated heterocycles. The van der Waals surface area contributed by atoms with Crippen LogP contribution in [0.4, 0.5) is 0 Å². The zero-order valence-corrected chi connectivity index (χ0v) is 18.0. The molecule has 1 aromatic carbocycles. The fourth-order valence-corrected chi connectivity index (χ4v) is 4.19. The van der Waals surface area contributed by atoms with Crippen molar-refractivity contribution in [2.45, 2.75) is 39.2 Å². The van der Waals surface area contributed by atoms with Crippen LogP contribution in [0.15, 0.2) is 28.6 Å². The summed E-state index contributed by atoms with van der Waals surface area (Å²) in [6.07, 6.45) is 2.06. The molecule has 1 N–H and O–H groups in total. The third-order valence-electron chi connectivity index (χ3n) is 4.96. The summed E-state index contributed by atoms with van der Waals surface area (Å²) in [6, 6.07) is 6.14. The van der Waals surface area contributed by atoms with Crippen molar-refractivity contribution in [3.05, 3.63) is 39.8 Å². The number of ether oxygens (including phenoxy) is 2. The summed E-state index contributed by atoms with van der Waals surface area (Å²) < 4.78 is 10.9. The van der Waals surface area contributed by atoms with E-state index in [-0.39, 0.29) is 0 Å². The average molecular weight is 403 g/mol. The van der Waals surface area contributed by atoms with Crippen LogP contribution in [-0.2, 0) is 13.0 Å². The number of aryl methyl sites for hydroxylation is 1. The average Bonchev–Trinajstić information content (AvgIpc) is 3.40. The van der Waals surface area contributed by atoms with Gasteiger partial charge in [-0.05, 0) is 37.5 Å². The number of likely N-dealkylation sites (tertiary alicyclic amines) is 1. The van der Waals surface area contributed by atoms with Crippen molar-refractivity contribution in [2.75, 3.05) is 33.9 Å². The number of guanidine groups is 1. The van der Waals surface area contributed by atoms with E-state index in [0.717, 1.165) is 55.6 Å².